The maximum atomic E-state index is 3.50. The van der Waals surface area contributed by atoms with E-state index in [1.54, 1.807) is 14.1 Å². The second kappa shape index (κ2) is 22.4. The van der Waals surface area contributed by atoms with Crippen molar-refractivity contribution in [1.29, 1.82) is 0 Å². The summed E-state index contributed by atoms with van der Waals surface area (Å²) in [6, 6.07) is 0. The normalized spacial score (nSPS) is 9.64. The van der Waals surface area contributed by atoms with Gasteiger partial charge in [-0.2, -0.15) is 20.2 Å². The van der Waals surface area contributed by atoms with Crippen LogP contribution in [0.2, 0.25) is 0 Å². The molecule has 0 N–H and O–H groups in total. The Labute approximate surface area is 101 Å². The van der Waals surface area contributed by atoms with Crippen LogP contribution in [0.25, 0.3) is 5.32 Å². The van der Waals surface area contributed by atoms with Gasteiger partial charge >= 0.3 is 26.2 Å². The van der Waals surface area contributed by atoms with E-state index in [-0.39, 0.29) is 51.0 Å². The Kier molecular flexibility index (Phi) is 46.2. The van der Waals surface area contributed by atoms with Gasteiger partial charge in [-0.25, -0.2) is 12.2 Å². The van der Waals surface area contributed by atoms with Gasteiger partial charge in [-0.05, 0) is 0 Å². The molecule has 0 atom stereocenters. The van der Waals surface area contributed by atoms with E-state index >= 15 is 0 Å². The van der Waals surface area contributed by atoms with Crippen LogP contribution in [0.4, 0.5) is 0 Å². The third-order valence-electron chi connectivity index (χ3n) is 0.586. The number of allylic oxidation sites excluding steroid dienone is 4. The fourth-order valence-electron chi connectivity index (χ4n) is 0.340. The van der Waals surface area contributed by atoms with Crippen molar-refractivity contribution in [3.05, 3.63) is 29.6 Å². The van der Waals surface area contributed by atoms with Crippen LogP contribution >= 0.6 is 24.8 Å². The van der Waals surface area contributed by atoms with Gasteiger partial charge in [0.2, 0.25) is 0 Å². The summed E-state index contributed by atoms with van der Waals surface area (Å²) in [5.74, 6) is 0. The Morgan fingerprint density at radius 1 is 1.27 bits per heavy atom. The molecule has 0 aromatic rings. The molecule has 0 fully saturated rings. The Morgan fingerprint density at radius 2 is 1.73 bits per heavy atom. The Balaban J connectivity index is -0.0000000379. The van der Waals surface area contributed by atoms with E-state index < -0.39 is 0 Å². The summed E-state index contributed by atoms with van der Waals surface area (Å²) in [7, 11) is 3.50. The Hall–Kier alpha value is 0.903. The Bertz CT molecular complexity index is 84.4. The van der Waals surface area contributed by atoms with Gasteiger partial charge in [0, 0.05) is 0 Å². The van der Waals surface area contributed by atoms with Gasteiger partial charge < -0.3 is 5.32 Å². The molecule has 0 saturated carbocycles. The molecule has 0 unspecified atom stereocenters. The third kappa shape index (κ3) is 24.8. The van der Waals surface area contributed by atoms with Crippen molar-refractivity contribution in [1.82, 2.24) is 0 Å². The van der Waals surface area contributed by atoms with Crippen molar-refractivity contribution in [2.75, 3.05) is 14.1 Å². The summed E-state index contributed by atoms with van der Waals surface area (Å²) in [4.78, 5) is 0. The largest absolute Gasteiger partial charge is 2.00 e. The molecule has 4 heteroatoms. The van der Waals surface area contributed by atoms with E-state index in [1.165, 1.54) is 0 Å². The van der Waals surface area contributed by atoms with Crippen LogP contribution in [0.15, 0.2) is 18.2 Å². The zero-order valence-corrected chi connectivity index (χ0v) is 10.8. The summed E-state index contributed by atoms with van der Waals surface area (Å²) >= 11 is 0. The van der Waals surface area contributed by atoms with Gasteiger partial charge in [0.1, 0.15) is 0 Å². The molecule has 1 rings (SSSR count). The first-order valence-corrected chi connectivity index (χ1v) is 2.61. The molecular weight excluding hydrogens is 260 g/mol. The molecule has 1 nitrogen and oxygen atoms in total. The molecular formula is C7H13Cl2NZr. The molecule has 0 aliphatic heterocycles. The molecule has 0 amide bonds. The van der Waals surface area contributed by atoms with E-state index in [0.29, 0.717) is 0 Å². The van der Waals surface area contributed by atoms with Crippen molar-refractivity contribution in [3.63, 3.8) is 0 Å². The second-order valence-corrected chi connectivity index (χ2v) is 1.45. The first-order valence-electron chi connectivity index (χ1n) is 2.61. The molecule has 0 aromatic carbocycles. The molecule has 1 aliphatic carbocycles. The molecule has 1 aliphatic rings. The van der Waals surface area contributed by atoms with Crippen LogP contribution in [0, 0.1) is 6.08 Å². The summed E-state index contributed by atoms with van der Waals surface area (Å²) in [5.41, 5.74) is 0. The first kappa shape index (κ1) is 22.7. The van der Waals surface area contributed by atoms with Crippen molar-refractivity contribution >= 4 is 24.8 Å². The van der Waals surface area contributed by atoms with Gasteiger partial charge in [0.15, 0.2) is 0 Å². The monoisotopic (exact) mass is 271 g/mol. The van der Waals surface area contributed by atoms with E-state index in [1.807, 2.05) is 12.2 Å². The maximum absolute atomic E-state index is 3.50. The number of nitrogens with zero attached hydrogens (tertiary/aromatic N) is 1. The molecule has 64 valence electrons. The number of halogens is 2. The third-order valence-corrected chi connectivity index (χ3v) is 0.586. The molecule has 0 aromatic heterocycles. The topological polar surface area (TPSA) is 14.1 Å². The standard InChI is InChI=1S/C5H5.C2H6N.2ClH.Zr/c1-2-4-5-3-1;1-3-2;;;/h1-3H,4H2;1-2H3;2*1H;/q2*-1;;;+2. The first-order chi connectivity index (χ1) is 3.91. The minimum atomic E-state index is 0. The minimum absolute atomic E-state index is 0. The minimum Gasteiger partial charge on any atom is -0.668 e. The average Bonchev–Trinajstić information content (AvgIpc) is 2.17. The van der Waals surface area contributed by atoms with E-state index in [9.17, 15) is 0 Å². The predicted molar refractivity (Wildman–Crippen MR) is 51.3 cm³/mol. The van der Waals surface area contributed by atoms with Gasteiger partial charge in [0.05, 0.1) is 0 Å². The van der Waals surface area contributed by atoms with Crippen molar-refractivity contribution in [2.24, 2.45) is 0 Å². The van der Waals surface area contributed by atoms with Crippen LogP contribution in [0.5, 0.6) is 0 Å². The predicted octanol–water partition coefficient (Wildman–Crippen LogP) is 2.77. The number of rotatable bonds is 0. The zero-order chi connectivity index (χ0) is 6.24. The van der Waals surface area contributed by atoms with E-state index in [0.717, 1.165) is 6.42 Å². The quantitative estimate of drug-likeness (QED) is 0.603. The van der Waals surface area contributed by atoms with E-state index in [4.69, 9.17) is 0 Å². The smallest absolute Gasteiger partial charge is 0.668 e. The van der Waals surface area contributed by atoms with E-state index in [2.05, 4.69) is 17.5 Å². The molecule has 0 spiro atoms. The fraction of sp³-hybridized carbons (Fsp3) is 0.429. The second-order valence-electron chi connectivity index (χ2n) is 1.45. The average molecular weight is 273 g/mol. The summed E-state index contributed by atoms with van der Waals surface area (Å²) in [6.07, 6.45) is 10.0. The van der Waals surface area contributed by atoms with Crippen molar-refractivity contribution in [3.8, 4) is 0 Å². The molecule has 0 saturated heterocycles. The fourth-order valence-corrected chi connectivity index (χ4v) is 0.340. The number of hydrogen-bond acceptors (Lipinski definition) is 0. The molecule has 0 heterocycles. The van der Waals surface area contributed by atoms with Gasteiger partial charge in [-0.3, -0.25) is 6.08 Å². The van der Waals surface area contributed by atoms with Gasteiger partial charge in [-0.1, -0.05) is 0 Å². The van der Waals surface area contributed by atoms with Crippen LogP contribution in [0.1, 0.15) is 6.42 Å². The van der Waals surface area contributed by atoms with Gasteiger partial charge in [-0.15, -0.1) is 31.2 Å². The SMILES string of the molecule is C[N-]C.Cl.Cl.[C-]1=CC=CC1.[Zr+2]. The van der Waals surface area contributed by atoms with Crippen LogP contribution in [-0.2, 0) is 26.2 Å². The van der Waals surface area contributed by atoms with Crippen molar-refractivity contribution < 1.29 is 26.2 Å². The van der Waals surface area contributed by atoms with Crippen LogP contribution in [0.3, 0.4) is 0 Å². The van der Waals surface area contributed by atoms with Crippen LogP contribution in [-0.4, -0.2) is 14.1 Å². The molecule has 11 heavy (non-hydrogen) atoms. The summed E-state index contributed by atoms with van der Waals surface area (Å²) < 4.78 is 0. The van der Waals surface area contributed by atoms with Crippen molar-refractivity contribution in [2.45, 2.75) is 6.42 Å². The van der Waals surface area contributed by atoms with Gasteiger partial charge in [0.25, 0.3) is 0 Å². The Morgan fingerprint density at radius 3 is 1.82 bits per heavy atom. The number of hydrogen-bond donors (Lipinski definition) is 0. The summed E-state index contributed by atoms with van der Waals surface area (Å²) in [6.45, 7) is 0. The maximum Gasteiger partial charge on any atom is 2.00 e. The molecule has 0 bridgehead atoms. The summed E-state index contributed by atoms with van der Waals surface area (Å²) in [5, 5.41) is 3.50. The molecule has 0 radical (unpaired) electrons. The van der Waals surface area contributed by atoms with Crippen LogP contribution < -0.4 is 0 Å². The zero-order valence-electron chi connectivity index (χ0n) is 6.70.